The number of hydrogen-bond donors (Lipinski definition) is 2. The fourth-order valence-corrected chi connectivity index (χ4v) is 6.80. The first-order valence-corrected chi connectivity index (χ1v) is 16.5. The maximum atomic E-state index is 12.5. The van der Waals surface area contributed by atoms with Gasteiger partial charge in [-0.1, -0.05) is 126 Å². The van der Waals surface area contributed by atoms with Gasteiger partial charge in [0, 0.05) is 18.8 Å². The van der Waals surface area contributed by atoms with Crippen LogP contribution in [-0.2, 0) is 9.59 Å². The van der Waals surface area contributed by atoms with Gasteiger partial charge in [0.05, 0.1) is 5.44 Å². The van der Waals surface area contributed by atoms with Crippen LogP contribution in [0.15, 0.2) is 114 Å². The number of carbonyl (C=O) groups excluding carboxylic acids is 2. The van der Waals surface area contributed by atoms with Gasteiger partial charge < -0.3 is 10.6 Å². The molecule has 2 aromatic heterocycles. The summed E-state index contributed by atoms with van der Waals surface area (Å²) in [5, 5.41) is 10.7. The second kappa shape index (κ2) is 14.2. The van der Waals surface area contributed by atoms with E-state index in [2.05, 4.69) is 104 Å². The number of amides is 2. The minimum absolute atomic E-state index is 0.0388. The van der Waals surface area contributed by atoms with Gasteiger partial charge in [-0.15, -0.1) is 0 Å². The molecule has 0 fully saturated rings. The first-order valence-electron chi connectivity index (χ1n) is 14.4. The summed E-state index contributed by atoms with van der Waals surface area (Å²) >= 11 is 3.24. The molecule has 1 unspecified atom stereocenters. The predicted octanol–water partition coefficient (Wildman–Crippen LogP) is 7.81. The Morgan fingerprint density at radius 1 is 0.614 bits per heavy atom. The third-order valence-corrected chi connectivity index (χ3v) is 9.38. The van der Waals surface area contributed by atoms with Crippen molar-refractivity contribution in [2.75, 3.05) is 10.6 Å². The number of halogens is 1. The highest BCUT2D eigenvalue weighted by atomic mass is 79.9. The van der Waals surface area contributed by atoms with Crippen LogP contribution >= 0.6 is 23.9 Å². The van der Waals surface area contributed by atoms with E-state index in [1.54, 1.807) is 6.07 Å². The minimum Gasteiger partial charge on any atom is -0.310 e. The van der Waals surface area contributed by atoms with Crippen LogP contribution in [0.3, 0.4) is 0 Å². The molecular formula is C36H38BrN4O2P. The first-order chi connectivity index (χ1) is 20.8. The monoisotopic (exact) mass is 668 g/mol. The molecule has 0 saturated heterocycles. The maximum absolute atomic E-state index is 12.5. The third-order valence-electron chi connectivity index (χ3n) is 6.55. The van der Waals surface area contributed by atoms with Gasteiger partial charge in [-0.25, -0.2) is 9.97 Å². The minimum atomic E-state index is -0.877. The molecule has 0 aliphatic rings. The van der Waals surface area contributed by atoms with Crippen LogP contribution in [0.5, 0.6) is 0 Å². The standard InChI is InChI=1S/C26H25N2OP.C10H13BrN2O/c1-26(2,3)25(29)28-23-17-10-18-24(27-23)30(20-13-5-4-6-14-20)22-16-9-12-19-11-7-8-15-21(19)22;1-10(2,3)9(14)13-8-6-4-5-7(11)12-8/h4-18H,1-3H3,(H,27,28,29);4-6H,1-3H3,(H,12,13,14). The summed E-state index contributed by atoms with van der Waals surface area (Å²) in [4.78, 5) is 33.1. The molecule has 44 heavy (non-hydrogen) atoms. The molecule has 8 heteroatoms. The average molecular weight is 670 g/mol. The molecule has 5 aromatic rings. The lowest BCUT2D eigenvalue weighted by molar-refractivity contribution is -0.123. The van der Waals surface area contributed by atoms with E-state index in [1.807, 2.05) is 71.9 Å². The van der Waals surface area contributed by atoms with Gasteiger partial charge in [-0.2, -0.15) is 0 Å². The van der Waals surface area contributed by atoms with E-state index >= 15 is 0 Å². The van der Waals surface area contributed by atoms with Crippen LogP contribution in [-0.4, -0.2) is 21.8 Å². The fraction of sp³-hybridized carbons (Fsp3) is 0.222. The van der Waals surface area contributed by atoms with E-state index in [-0.39, 0.29) is 11.8 Å². The highest BCUT2D eigenvalue weighted by Crippen LogP contribution is 2.35. The number of benzene rings is 3. The van der Waals surface area contributed by atoms with Crippen molar-refractivity contribution in [2.45, 2.75) is 41.5 Å². The van der Waals surface area contributed by atoms with Gasteiger partial charge in [-0.3, -0.25) is 9.59 Å². The number of pyridine rings is 2. The Labute approximate surface area is 269 Å². The van der Waals surface area contributed by atoms with Crippen molar-refractivity contribution in [1.82, 2.24) is 9.97 Å². The summed E-state index contributed by atoms with van der Waals surface area (Å²) in [5.74, 6) is 1.08. The lowest BCUT2D eigenvalue weighted by atomic mass is 9.96. The molecular weight excluding hydrogens is 631 g/mol. The second-order valence-electron chi connectivity index (χ2n) is 12.3. The summed E-state index contributed by atoms with van der Waals surface area (Å²) in [7, 11) is -0.877. The Hall–Kier alpha value is -3.93. The van der Waals surface area contributed by atoms with Crippen LogP contribution in [0.2, 0.25) is 0 Å². The lowest BCUT2D eigenvalue weighted by Crippen LogP contribution is -2.29. The van der Waals surface area contributed by atoms with Crippen LogP contribution in [0, 0.1) is 10.8 Å². The van der Waals surface area contributed by atoms with E-state index in [9.17, 15) is 9.59 Å². The highest BCUT2D eigenvalue weighted by molar-refractivity contribution is 9.10. The third kappa shape index (κ3) is 8.81. The zero-order chi connectivity index (χ0) is 31.9. The summed E-state index contributed by atoms with van der Waals surface area (Å²) in [6, 6.07) is 36.7. The molecule has 6 nitrogen and oxygen atoms in total. The molecule has 5 rings (SSSR count). The quantitative estimate of drug-likeness (QED) is 0.148. The van der Waals surface area contributed by atoms with Crippen molar-refractivity contribution in [3.63, 3.8) is 0 Å². The van der Waals surface area contributed by atoms with Gasteiger partial charge in [-0.05, 0) is 61.6 Å². The van der Waals surface area contributed by atoms with Gasteiger partial charge in [0.1, 0.15) is 16.2 Å². The molecule has 226 valence electrons. The summed E-state index contributed by atoms with van der Waals surface area (Å²) in [6.45, 7) is 11.3. The smallest absolute Gasteiger partial charge is 0.230 e. The van der Waals surface area contributed by atoms with E-state index in [1.165, 1.54) is 21.4 Å². The fourth-order valence-electron chi connectivity index (χ4n) is 4.08. The lowest BCUT2D eigenvalue weighted by Gasteiger charge is -2.21. The molecule has 0 saturated carbocycles. The predicted molar refractivity (Wildman–Crippen MR) is 189 cm³/mol. The topological polar surface area (TPSA) is 84.0 Å². The number of aromatic nitrogens is 2. The Bertz CT molecular complexity index is 1740. The number of hydrogen-bond acceptors (Lipinski definition) is 4. The van der Waals surface area contributed by atoms with E-state index in [0.717, 1.165) is 5.44 Å². The van der Waals surface area contributed by atoms with Gasteiger partial charge in [0.2, 0.25) is 11.8 Å². The molecule has 0 aliphatic heterocycles. The number of rotatable bonds is 5. The van der Waals surface area contributed by atoms with Crippen molar-refractivity contribution < 1.29 is 9.59 Å². The summed E-state index contributed by atoms with van der Waals surface area (Å²) in [5.41, 5.74) is 0.0980. The molecule has 2 heterocycles. The average Bonchev–Trinajstić information content (AvgIpc) is 2.98. The first kappa shape index (κ1) is 33.0. The largest absolute Gasteiger partial charge is 0.310 e. The zero-order valence-corrected chi connectivity index (χ0v) is 28.4. The van der Waals surface area contributed by atoms with Gasteiger partial charge in [0.25, 0.3) is 0 Å². The van der Waals surface area contributed by atoms with E-state index in [0.29, 0.717) is 16.2 Å². The van der Waals surface area contributed by atoms with Crippen molar-refractivity contribution in [2.24, 2.45) is 10.8 Å². The molecule has 1 atom stereocenters. The molecule has 0 radical (unpaired) electrons. The van der Waals surface area contributed by atoms with E-state index < -0.39 is 18.8 Å². The van der Waals surface area contributed by atoms with Crippen LogP contribution in [0.25, 0.3) is 10.8 Å². The molecule has 0 spiro atoms. The van der Waals surface area contributed by atoms with Gasteiger partial charge >= 0.3 is 0 Å². The molecule has 0 bridgehead atoms. The number of carbonyl (C=O) groups is 2. The summed E-state index contributed by atoms with van der Waals surface area (Å²) in [6.07, 6.45) is 0. The van der Waals surface area contributed by atoms with Crippen LogP contribution in [0.4, 0.5) is 11.6 Å². The number of anilines is 2. The van der Waals surface area contributed by atoms with Crippen LogP contribution < -0.4 is 26.7 Å². The summed E-state index contributed by atoms with van der Waals surface area (Å²) < 4.78 is 0.712. The van der Waals surface area contributed by atoms with Crippen molar-refractivity contribution in [1.29, 1.82) is 0 Å². The molecule has 2 amide bonds. The Morgan fingerprint density at radius 2 is 1.14 bits per heavy atom. The van der Waals surface area contributed by atoms with Crippen LogP contribution in [0.1, 0.15) is 41.5 Å². The Balaban J connectivity index is 0.000000265. The van der Waals surface area contributed by atoms with Crippen molar-refractivity contribution in [3.05, 3.63) is 114 Å². The molecule has 3 aromatic carbocycles. The Morgan fingerprint density at radius 3 is 1.75 bits per heavy atom. The zero-order valence-electron chi connectivity index (χ0n) is 25.9. The normalized spacial score (nSPS) is 12.1. The number of fused-ring (bicyclic) bond motifs is 1. The van der Waals surface area contributed by atoms with Crippen molar-refractivity contribution >= 4 is 74.1 Å². The Kier molecular flexibility index (Phi) is 10.7. The SMILES string of the molecule is CC(C)(C)C(=O)Nc1cccc(Br)n1.CC(C)(C)C(=O)Nc1cccc(P(c2ccccc2)c2cccc3ccccc23)n1. The second-order valence-corrected chi connectivity index (χ2v) is 15.2. The van der Waals surface area contributed by atoms with E-state index in [4.69, 9.17) is 4.98 Å². The number of nitrogens with zero attached hydrogens (tertiary/aromatic N) is 2. The molecule has 2 N–H and O–H groups in total. The number of nitrogens with one attached hydrogen (secondary N) is 2. The molecule has 0 aliphatic carbocycles. The van der Waals surface area contributed by atoms with Crippen molar-refractivity contribution in [3.8, 4) is 0 Å². The van der Waals surface area contributed by atoms with Gasteiger partial charge in [0.15, 0.2) is 0 Å². The highest BCUT2D eigenvalue weighted by Gasteiger charge is 2.24. The maximum Gasteiger partial charge on any atom is 0.230 e.